The number of aromatic nitrogens is 1. The maximum absolute atomic E-state index is 12.5. The molecule has 4 rings (SSSR count). The van der Waals surface area contributed by atoms with Gasteiger partial charge in [-0.15, -0.1) is 22.7 Å². The Labute approximate surface area is 185 Å². The van der Waals surface area contributed by atoms with Gasteiger partial charge in [-0.2, -0.15) is 0 Å². The predicted octanol–water partition coefficient (Wildman–Crippen LogP) is 1.81. The van der Waals surface area contributed by atoms with E-state index >= 15 is 0 Å². The van der Waals surface area contributed by atoms with Crippen LogP contribution in [-0.2, 0) is 19.6 Å². The van der Waals surface area contributed by atoms with Gasteiger partial charge in [0, 0.05) is 28.6 Å². The zero-order chi connectivity index (χ0) is 22.2. The number of nitrogens with zero attached hydrogens (tertiary/aromatic N) is 2. The molecule has 3 amide bonds. The Balaban J connectivity index is 1.31. The number of fused-ring (bicyclic) bond motifs is 1. The van der Waals surface area contributed by atoms with Crippen LogP contribution < -0.4 is 10.0 Å². The minimum atomic E-state index is -3.90. The van der Waals surface area contributed by atoms with E-state index in [1.165, 1.54) is 33.6 Å². The fraction of sp³-hybridized carbons (Fsp3) is 0.333. The van der Waals surface area contributed by atoms with Crippen LogP contribution in [0.15, 0.2) is 28.1 Å². The number of rotatable bonds is 5. The van der Waals surface area contributed by atoms with Gasteiger partial charge in [-0.05, 0) is 36.8 Å². The van der Waals surface area contributed by atoms with E-state index in [1.807, 2.05) is 11.4 Å². The van der Waals surface area contributed by atoms with Gasteiger partial charge in [-0.25, -0.2) is 13.1 Å². The van der Waals surface area contributed by atoms with Crippen molar-refractivity contribution < 1.29 is 27.3 Å². The van der Waals surface area contributed by atoms with E-state index in [2.05, 4.69) is 15.2 Å². The van der Waals surface area contributed by atoms with Crippen molar-refractivity contribution in [2.45, 2.75) is 13.3 Å². The molecule has 0 radical (unpaired) electrons. The van der Waals surface area contributed by atoms with Crippen molar-refractivity contribution in [2.75, 3.05) is 24.2 Å². The number of carbonyl (C=O) groups excluding carboxylic acids is 3. The standard InChI is InChI=1S/C18H18N4O6S3/c1-10-6-15(20-28-10)19-17(24)18(25)22-4-2-11(8-22)9-31(26,27)21-16(23)14-7-13-12(30-14)3-5-29-13/h3,5-7,11H,2,4,8-9H2,1H3,(H,21,23)(H,19,20,24). The van der Waals surface area contributed by atoms with E-state index in [0.717, 1.165) is 9.40 Å². The lowest BCUT2D eigenvalue weighted by Crippen LogP contribution is -2.39. The number of likely N-dealkylation sites (tertiary alicyclic amines) is 1. The van der Waals surface area contributed by atoms with Crippen LogP contribution in [0.5, 0.6) is 0 Å². The molecule has 0 aromatic carbocycles. The van der Waals surface area contributed by atoms with Gasteiger partial charge in [-0.3, -0.25) is 19.7 Å². The Morgan fingerprint density at radius 1 is 1.29 bits per heavy atom. The minimum Gasteiger partial charge on any atom is -0.360 e. The first-order chi connectivity index (χ1) is 14.7. The molecule has 31 heavy (non-hydrogen) atoms. The molecule has 0 saturated carbocycles. The molecule has 1 atom stereocenters. The van der Waals surface area contributed by atoms with E-state index in [4.69, 9.17) is 4.52 Å². The molecule has 13 heteroatoms. The number of sulfonamides is 1. The van der Waals surface area contributed by atoms with Crippen LogP contribution in [0.25, 0.3) is 9.40 Å². The van der Waals surface area contributed by atoms with E-state index < -0.39 is 27.7 Å². The number of anilines is 1. The molecule has 0 spiro atoms. The zero-order valence-corrected chi connectivity index (χ0v) is 18.7. The third kappa shape index (κ3) is 4.94. The van der Waals surface area contributed by atoms with Crippen LogP contribution >= 0.6 is 22.7 Å². The number of hydrogen-bond donors (Lipinski definition) is 2. The van der Waals surface area contributed by atoms with Crippen LogP contribution in [0.1, 0.15) is 21.9 Å². The Morgan fingerprint density at radius 3 is 2.81 bits per heavy atom. The number of hydrogen-bond acceptors (Lipinski definition) is 9. The SMILES string of the molecule is Cc1cc(NC(=O)C(=O)N2CCC(CS(=O)(=O)NC(=O)c3cc4sccc4s3)C2)no1. The fourth-order valence-corrected chi connectivity index (χ4v) is 6.75. The molecule has 1 aliphatic rings. The van der Waals surface area contributed by atoms with Gasteiger partial charge >= 0.3 is 11.8 Å². The van der Waals surface area contributed by atoms with Crippen molar-refractivity contribution in [3.8, 4) is 0 Å². The summed E-state index contributed by atoms with van der Waals surface area (Å²) in [4.78, 5) is 38.4. The lowest BCUT2D eigenvalue weighted by atomic mass is 10.2. The van der Waals surface area contributed by atoms with E-state index in [9.17, 15) is 22.8 Å². The Kier molecular flexibility index (Phi) is 5.81. The van der Waals surface area contributed by atoms with Gasteiger partial charge in [0.2, 0.25) is 10.0 Å². The molecule has 1 fully saturated rings. The second-order valence-electron chi connectivity index (χ2n) is 7.16. The van der Waals surface area contributed by atoms with Crippen molar-refractivity contribution >= 4 is 65.6 Å². The number of amides is 3. The van der Waals surface area contributed by atoms with Gasteiger partial charge in [0.25, 0.3) is 5.91 Å². The third-order valence-electron chi connectivity index (χ3n) is 4.70. The fourth-order valence-electron chi connectivity index (χ4n) is 3.31. The van der Waals surface area contributed by atoms with Crippen molar-refractivity contribution in [3.63, 3.8) is 0 Å². The van der Waals surface area contributed by atoms with Crippen LogP contribution in [0.4, 0.5) is 5.82 Å². The highest BCUT2D eigenvalue weighted by atomic mass is 32.2. The third-order valence-corrected chi connectivity index (χ3v) is 8.20. The van der Waals surface area contributed by atoms with Crippen LogP contribution in [0, 0.1) is 12.8 Å². The average molecular weight is 483 g/mol. The molecule has 1 aliphatic heterocycles. The largest absolute Gasteiger partial charge is 0.360 e. The summed E-state index contributed by atoms with van der Waals surface area (Å²) in [6.45, 7) is 2.00. The molecule has 0 aliphatic carbocycles. The molecule has 3 aromatic rings. The lowest BCUT2D eigenvalue weighted by molar-refractivity contribution is -0.142. The maximum Gasteiger partial charge on any atom is 0.315 e. The Morgan fingerprint density at radius 2 is 2.10 bits per heavy atom. The van der Waals surface area contributed by atoms with E-state index in [1.54, 1.807) is 13.0 Å². The monoisotopic (exact) mass is 482 g/mol. The quantitative estimate of drug-likeness (QED) is 0.529. The molecule has 1 saturated heterocycles. The maximum atomic E-state index is 12.5. The Bertz CT molecular complexity index is 1230. The second kappa shape index (κ2) is 8.40. The summed E-state index contributed by atoms with van der Waals surface area (Å²) in [6, 6.07) is 5.02. The molecule has 0 bridgehead atoms. The summed E-state index contributed by atoms with van der Waals surface area (Å²) in [7, 11) is -3.90. The smallest absolute Gasteiger partial charge is 0.315 e. The van der Waals surface area contributed by atoms with Crippen molar-refractivity contribution in [2.24, 2.45) is 5.92 Å². The van der Waals surface area contributed by atoms with Gasteiger partial charge in [0.15, 0.2) is 5.82 Å². The van der Waals surface area contributed by atoms with Crippen LogP contribution in [0.2, 0.25) is 0 Å². The predicted molar refractivity (Wildman–Crippen MR) is 116 cm³/mol. The van der Waals surface area contributed by atoms with Crippen LogP contribution in [-0.4, -0.2) is 55.0 Å². The molecule has 10 nitrogen and oxygen atoms in total. The summed E-state index contributed by atoms with van der Waals surface area (Å²) in [5.41, 5.74) is 0. The highest BCUT2D eigenvalue weighted by Gasteiger charge is 2.33. The lowest BCUT2D eigenvalue weighted by Gasteiger charge is -2.15. The summed E-state index contributed by atoms with van der Waals surface area (Å²) < 4.78 is 33.7. The summed E-state index contributed by atoms with van der Waals surface area (Å²) in [5, 5.41) is 7.85. The molecular formula is C18H18N4O6S3. The first-order valence-electron chi connectivity index (χ1n) is 9.25. The summed E-state index contributed by atoms with van der Waals surface area (Å²) >= 11 is 2.71. The molecule has 164 valence electrons. The zero-order valence-electron chi connectivity index (χ0n) is 16.3. The molecule has 4 heterocycles. The molecule has 2 N–H and O–H groups in total. The molecule has 3 aromatic heterocycles. The van der Waals surface area contributed by atoms with Gasteiger partial charge in [-0.1, -0.05) is 5.16 Å². The van der Waals surface area contributed by atoms with Crippen molar-refractivity contribution in [3.05, 3.63) is 34.2 Å². The molecular weight excluding hydrogens is 464 g/mol. The van der Waals surface area contributed by atoms with Gasteiger partial charge in [0.1, 0.15) is 5.76 Å². The topological polar surface area (TPSA) is 139 Å². The summed E-state index contributed by atoms with van der Waals surface area (Å²) in [5.74, 6) is -2.40. The Hall–Kier alpha value is -2.77. The van der Waals surface area contributed by atoms with Gasteiger partial charge in [0.05, 0.1) is 10.6 Å². The first-order valence-corrected chi connectivity index (χ1v) is 12.6. The highest BCUT2D eigenvalue weighted by molar-refractivity contribution is 7.90. The number of thiophene rings is 2. The minimum absolute atomic E-state index is 0.105. The van der Waals surface area contributed by atoms with E-state index in [0.29, 0.717) is 17.1 Å². The second-order valence-corrected chi connectivity index (χ2v) is 11.0. The van der Waals surface area contributed by atoms with Crippen molar-refractivity contribution in [1.29, 1.82) is 0 Å². The van der Waals surface area contributed by atoms with E-state index in [-0.39, 0.29) is 30.6 Å². The van der Waals surface area contributed by atoms with Crippen molar-refractivity contribution in [1.82, 2.24) is 14.8 Å². The molecule has 1 unspecified atom stereocenters. The number of nitrogens with one attached hydrogen (secondary N) is 2. The van der Waals surface area contributed by atoms with Crippen LogP contribution in [0.3, 0.4) is 0 Å². The highest BCUT2D eigenvalue weighted by Crippen LogP contribution is 2.30. The number of carbonyl (C=O) groups is 3. The summed E-state index contributed by atoms with van der Waals surface area (Å²) in [6.07, 6.45) is 0.409. The average Bonchev–Trinajstić information content (AvgIpc) is 3.44. The normalized spacial score (nSPS) is 16.5. The van der Waals surface area contributed by atoms with Gasteiger partial charge < -0.3 is 9.42 Å². The first kappa shape index (κ1) is 21.5. The number of aryl methyl sites for hydroxylation is 1.